The molecular weight excluding hydrogens is 268 g/mol. The summed E-state index contributed by atoms with van der Waals surface area (Å²) in [6.07, 6.45) is 4.68. The first-order chi connectivity index (χ1) is 10.2. The van der Waals surface area contributed by atoms with E-state index >= 15 is 0 Å². The van der Waals surface area contributed by atoms with Crippen LogP contribution in [0.3, 0.4) is 0 Å². The largest absolute Gasteiger partial charge is 0.390 e. The van der Waals surface area contributed by atoms with Crippen LogP contribution in [0, 0.1) is 12.3 Å². The van der Waals surface area contributed by atoms with Gasteiger partial charge in [-0.1, -0.05) is 5.92 Å². The number of hydrogen-bond donors (Lipinski definition) is 2. The Bertz CT molecular complexity index is 501. The maximum Gasteiger partial charge on any atom is 0.251 e. The van der Waals surface area contributed by atoms with Crippen LogP contribution in [0.4, 0.5) is 0 Å². The minimum atomic E-state index is -0.586. The molecular formula is C16H20N2O3. The number of carbonyl (C=O) groups is 1. The van der Waals surface area contributed by atoms with Gasteiger partial charge in [-0.2, -0.15) is 0 Å². The Labute approximate surface area is 124 Å². The fourth-order valence-electron chi connectivity index (χ4n) is 2.18. The molecule has 21 heavy (non-hydrogen) atoms. The molecule has 0 bridgehead atoms. The smallest absolute Gasteiger partial charge is 0.251 e. The molecule has 1 aliphatic rings. The number of ether oxygens (including phenoxy) is 1. The van der Waals surface area contributed by atoms with E-state index in [0.29, 0.717) is 25.3 Å². The van der Waals surface area contributed by atoms with E-state index in [0.717, 1.165) is 18.7 Å². The van der Waals surface area contributed by atoms with Crippen LogP contribution < -0.4 is 5.32 Å². The van der Waals surface area contributed by atoms with Gasteiger partial charge in [0, 0.05) is 37.3 Å². The second kappa shape index (κ2) is 7.79. The van der Waals surface area contributed by atoms with Crippen molar-refractivity contribution in [2.75, 3.05) is 39.4 Å². The van der Waals surface area contributed by atoms with E-state index in [4.69, 9.17) is 11.2 Å². The predicted octanol–water partition coefficient (Wildman–Crippen LogP) is 0.0908. The normalized spacial score (nSPS) is 17.0. The molecule has 1 unspecified atom stereocenters. The molecule has 1 saturated heterocycles. The van der Waals surface area contributed by atoms with Crippen molar-refractivity contribution in [1.82, 2.24) is 10.2 Å². The number of amides is 1. The van der Waals surface area contributed by atoms with Crippen molar-refractivity contribution < 1.29 is 14.6 Å². The zero-order chi connectivity index (χ0) is 15.1. The highest BCUT2D eigenvalue weighted by molar-refractivity contribution is 5.94. The molecule has 5 nitrogen and oxygen atoms in total. The van der Waals surface area contributed by atoms with Gasteiger partial charge in [0.05, 0.1) is 19.3 Å². The highest BCUT2D eigenvalue weighted by atomic mass is 16.5. The molecule has 0 radical (unpaired) electrons. The third-order valence-electron chi connectivity index (χ3n) is 3.38. The standard InChI is InChI=1S/C16H20N2O3/c1-2-13-3-5-14(6-4-13)16(20)17-11-15(19)12-18-7-9-21-10-8-18/h1,3-6,15,19H,7-12H2,(H,17,20). The van der Waals surface area contributed by atoms with Gasteiger partial charge >= 0.3 is 0 Å². The zero-order valence-corrected chi connectivity index (χ0v) is 11.9. The second-order valence-corrected chi connectivity index (χ2v) is 5.00. The molecule has 1 aromatic rings. The number of carbonyl (C=O) groups excluding carboxylic acids is 1. The summed E-state index contributed by atoms with van der Waals surface area (Å²) in [6.45, 7) is 3.80. The number of hydrogen-bond acceptors (Lipinski definition) is 4. The number of benzene rings is 1. The summed E-state index contributed by atoms with van der Waals surface area (Å²) < 4.78 is 5.25. The van der Waals surface area contributed by atoms with Crippen LogP contribution in [0.1, 0.15) is 15.9 Å². The van der Waals surface area contributed by atoms with E-state index in [1.807, 2.05) is 0 Å². The summed E-state index contributed by atoms with van der Waals surface area (Å²) in [6, 6.07) is 6.80. The molecule has 1 atom stereocenters. The lowest BCUT2D eigenvalue weighted by Crippen LogP contribution is -2.44. The van der Waals surface area contributed by atoms with Crippen molar-refractivity contribution in [2.24, 2.45) is 0 Å². The van der Waals surface area contributed by atoms with Gasteiger partial charge in [0.1, 0.15) is 0 Å². The van der Waals surface area contributed by atoms with Crippen LogP contribution in [0.15, 0.2) is 24.3 Å². The Morgan fingerprint density at radius 2 is 2.05 bits per heavy atom. The lowest BCUT2D eigenvalue weighted by molar-refractivity contribution is 0.0149. The highest BCUT2D eigenvalue weighted by Crippen LogP contribution is 2.03. The van der Waals surface area contributed by atoms with E-state index in [9.17, 15) is 9.90 Å². The van der Waals surface area contributed by atoms with Gasteiger partial charge in [-0.3, -0.25) is 9.69 Å². The van der Waals surface area contributed by atoms with E-state index < -0.39 is 6.10 Å². The van der Waals surface area contributed by atoms with Crippen molar-refractivity contribution in [3.05, 3.63) is 35.4 Å². The first-order valence-electron chi connectivity index (χ1n) is 7.02. The Morgan fingerprint density at radius 1 is 1.38 bits per heavy atom. The van der Waals surface area contributed by atoms with Gasteiger partial charge in [0.2, 0.25) is 0 Å². The van der Waals surface area contributed by atoms with Gasteiger partial charge in [-0.05, 0) is 24.3 Å². The molecule has 5 heteroatoms. The molecule has 0 spiro atoms. The van der Waals surface area contributed by atoms with Crippen molar-refractivity contribution >= 4 is 5.91 Å². The molecule has 2 rings (SSSR count). The van der Waals surface area contributed by atoms with Gasteiger partial charge in [-0.25, -0.2) is 0 Å². The van der Waals surface area contributed by atoms with Crippen molar-refractivity contribution in [1.29, 1.82) is 0 Å². The quantitative estimate of drug-likeness (QED) is 0.754. The van der Waals surface area contributed by atoms with E-state index in [1.54, 1.807) is 24.3 Å². The molecule has 0 saturated carbocycles. The third kappa shape index (κ3) is 4.87. The van der Waals surface area contributed by atoms with Crippen LogP contribution in [-0.4, -0.2) is 61.4 Å². The average Bonchev–Trinajstić information content (AvgIpc) is 2.53. The number of nitrogens with one attached hydrogen (secondary N) is 1. The zero-order valence-electron chi connectivity index (χ0n) is 11.9. The first kappa shape index (κ1) is 15.5. The minimum absolute atomic E-state index is 0.209. The molecule has 1 amide bonds. The van der Waals surface area contributed by atoms with Gasteiger partial charge in [0.25, 0.3) is 5.91 Å². The maximum absolute atomic E-state index is 11.9. The van der Waals surface area contributed by atoms with E-state index in [1.165, 1.54) is 0 Å². The van der Waals surface area contributed by atoms with E-state index in [2.05, 4.69) is 16.1 Å². The van der Waals surface area contributed by atoms with E-state index in [-0.39, 0.29) is 12.5 Å². The summed E-state index contributed by atoms with van der Waals surface area (Å²) in [5, 5.41) is 12.7. The predicted molar refractivity (Wildman–Crippen MR) is 80.0 cm³/mol. The lowest BCUT2D eigenvalue weighted by Gasteiger charge is -2.28. The molecule has 1 heterocycles. The molecule has 1 aliphatic heterocycles. The number of β-amino-alcohol motifs (C(OH)–C–C–N with tert-alkyl or cyclic N) is 1. The summed E-state index contributed by atoms with van der Waals surface area (Å²) >= 11 is 0. The molecule has 1 aromatic carbocycles. The fraction of sp³-hybridized carbons (Fsp3) is 0.438. The Kier molecular flexibility index (Phi) is 5.76. The first-order valence-corrected chi connectivity index (χ1v) is 7.02. The summed E-state index contributed by atoms with van der Waals surface area (Å²) in [5.41, 5.74) is 1.27. The summed E-state index contributed by atoms with van der Waals surface area (Å²) in [4.78, 5) is 14.1. The summed E-state index contributed by atoms with van der Waals surface area (Å²) in [5.74, 6) is 2.29. The number of terminal acetylenes is 1. The SMILES string of the molecule is C#Cc1ccc(C(=O)NCC(O)CN2CCOCC2)cc1. The molecule has 0 aromatic heterocycles. The topological polar surface area (TPSA) is 61.8 Å². The molecule has 2 N–H and O–H groups in total. The number of aliphatic hydroxyl groups excluding tert-OH is 1. The fourth-order valence-corrected chi connectivity index (χ4v) is 2.18. The molecule has 1 fully saturated rings. The summed E-state index contributed by atoms with van der Waals surface area (Å²) in [7, 11) is 0. The number of rotatable bonds is 5. The second-order valence-electron chi connectivity index (χ2n) is 5.00. The van der Waals surface area contributed by atoms with Crippen molar-refractivity contribution in [3.63, 3.8) is 0 Å². The average molecular weight is 288 g/mol. The Hall–Kier alpha value is -1.87. The van der Waals surface area contributed by atoms with Crippen molar-refractivity contribution in [3.8, 4) is 12.3 Å². The van der Waals surface area contributed by atoms with Crippen LogP contribution in [-0.2, 0) is 4.74 Å². The molecule has 112 valence electrons. The van der Waals surface area contributed by atoms with Gasteiger partial charge in [0.15, 0.2) is 0 Å². The van der Waals surface area contributed by atoms with Crippen LogP contribution in [0.25, 0.3) is 0 Å². The Balaban J connectivity index is 1.75. The van der Waals surface area contributed by atoms with Crippen molar-refractivity contribution in [2.45, 2.75) is 6.10 Å². The molecule has 0 aliphatic carbocycles. The van der Waals surface area contributed by atoms with Gasteiger partial charge in [-0.15, -0.1) is 6.42 Å². The number of morpholine rings is 1. The Morgan fingerprint density at radius 3 is 2.67 bits per heavy atom. The van der Waals surface area contributed by atoms with Crippen LogP contribution in [0.2, 0.25) is 0 Å². The monoisotopic (exact) mass is 288 g/mol. The van der Waals surface area contributed by atoms with Crippen LogP contribution in [0.5, 0.6) is 0 Å². The van der Waals surface area contributed by atoms with Gasteiger partial charge < -0.3 is 15.2 Å². The number of nitrogens with zero attached hydrogens (tertiary/aromatic N) is 1. The lowest BCUT2D eigenvalue weighted by atomic mass is 10.1. The number of aliphatic hydroxyl groups is 1. The third-order valence-corrected chi connectivity index (χ3v) is 3.38. The van der Waals surface area contributed by atoms with Crippen LogP contribution >= 0.6 is 0 Å². The maximum atomic E-state index is 11.9. The minimum Gasteiger partial charge on any atom is -0.390 e. The highest BCUT2D eigenvalue weighted by Gasteiger charge is 2.15.